The van der Waals surface area contributed by atoms with E-state index in [9.17, 15) is 4.79 Å². The van der Waals surface area contributed by atoms with E-state index >= 15 is 0 Å². The zero-order valence-corrected chi connectivity index (χ0v) is 16.5. The van der Waals surface area contributed by atoms with Crippen molar-refractivity contribution >= 4 is 23.0 Å². The van der Waals surface area contributed by atoms with Crippen LogP contribution in [0.4, 0.5) is 5.69 Å². The summed E-state index contributed by atoms with van der Waals surface area (Å²) in [4.78, 5) is 19.2. The van der Waals surface area contributed by atoms with E-state index in [4.69, 9.17) is 12.2 Å². The SMILES string of the molecule is Cc1c(NC(=S)N(C)CCc2ccccn2)c(=O)n(-c2ccccc2)n1C. The van der Waals surface area contributed by atoms with Gasteiger partial charge < -0.3 is 10.2 Å². The van der Waals surface area contributed by atoms with Crippen LogP contribution in [0.1, 0.15) is 11.4 Å². The summed E-state index contributed by atoms with van der Waals surface area (Å²) in [5, 5.41) is 3.64. The molecule has 2 heterocycles. The average molecular weight is 382 g/mol. The molecule has 1 N–H and O–H groups in total. The predicted molar refractivity (Wildman–Crippen MR) is 113 cm³/mol. The average Bonchev–Trinajstić information content (AvgIpc) is 2.90. The molecule has 0 unspecified atom stereocenters. The molecule has 1 aromatic carbocycles. The van der Waals surface area contributed by atoms with Gasteiger partial charge in [0.15, 0.2) is 5.11 Å². The topological polar surface area (TPSA) is 55.1 Å². The van der Waals surface area contributed by atoms with Crippen molar-refractivity contribution in [2.75, 3.05) is 18.9 Å². The number of likely N-dealkylation sites (N-methyl/N-ethyl adjacent to an activating group) is 1. The second-order valence-electron chi connectivity index (χ2n) is 6.36. The second-order valence-corrected chi connectivity index (χ2v) is 6.75. The first-order valence-corrected chi connectivity index (χ1v) is 9.16. The molecule has 0 bridgehead atoms. The van der Waals surface area contributed by atoms with Gasteiger partial charge in [0.25, 0.3) is 5.56 Å². The van der Waals surface area contributed by atoms with Crippen LogP contribution in [0.15, 0.2) is 59.5 Å². The van der Waals surface area contributed by atoms with Crippen LogP contribution in [-0.4, -0.2) is 38.0 Å². The molecule has 0 atom stereocenters. The van der Waals surface area contributed by atoms with Crippen molar-refractivity contribution in [1.29, 1.82) is 0 Å². The van der Waals surface area contributed by atoms with Crippen LogP contribution in [0.3, 0.4) is 0 Å². The van der Waals surface area contributed by atoms with Gasteiger partial charge in [-0.1, -0.05) is 24.3 Å². The molecule has 0 aliphatic carbocycles. The van der Waals surface area contributed by atoms with E-state index in [-0.39, 0.29) is 5.56 Å². The third-order valence-corrected chi connectivity index (χ3v) is 4.98. The molecule has 0 radical (unpaired) electrons. The molecule has 140 valence electrons. The van der Waals surface area contributed by atoms with Gasteiger partial charge in [-0.25, -0.2) is 4.68 Å². The van der Waals surface area contributed by atoms with Gasteiger partial charge in [0.05, 0.1) is 11.4 Å². The first-order chi connectivity index (χ1) is 13.0. The van der Waals surface area contributed by atoms with Crippen molar-refractivity contribution in [3.63, 3.8) is 0 Å². The Hall–Kier alpha value is -2.93. The lowest BCUT2D eigenvalue weighted by Crippen LogP contribution is -2.34. The van der Waals surface area contributed by atoms with Crippen LogP contribution in [0.2, 0.25) is 0 Å². The quantitative estimate of drug-likeness (QED) is 0.689. The van der Waals surface area contributed by atoms with E-state index in [1.165, 1.54) is 0 Å². The summed E-state index contributed by atoms with van der Waals surface area (Å²) in [5.74, 6) is 0. The molecule has 3 aromatic rings. The van der Waals surface area contributed by atoms with E-state index in [1.54, 1.807) is 10.9 Å². The number of nitrogens with one attached hydrogen (secondary N) is 1. The molecule has 2 aromatic heterocycles. The number of nitrogens with zero attached hydrogens (tertiary/aromatic N) is 4. The molecular formula is C20H23N5OS. The van der Waals surface area contributed by atoms with Crippen LogP contribution in [0, 0.1) is 6.92 Å². The van der Waals surface area contributed by atoms with Crippen molar-refractivity contribution in [3.05, 3.63) is 76.5 Å². The number of benzene rings is 1. The van der Waals surface area contributed by atoms with Gasteiger partial charge in [-0.3, -0.25) is 14.5 Å². The Bertz CT molecular complexity index is 979. The maximum Gasteiger partial charge on any atom is 0.295 e. The Labute approximate surface area is 164 Å². The van der Waals surface area contributed by atoms with Gasteiger partial charge in [0.2, 0.25) is 0 Å². The number of hydrogen-bond acceptors (Lipinski definition) is 3. The third kappa shape index (κ3) is 4.09. The standard InChI is InChI=1S/C20H23N5OS/c1-15-18(19(26)25(24(15)3)17-10-5-4-6-11-17)22-20(27)23(2)14-12-16-9-7-8-13-21-16/h4-11,13H,12,14H2,1-3H3,(H,22,27). The van der Waals surface area contributed by atoms with Crippen LogP contribution in [0.5, 0.6) is 0 Å². The van der Waals surface area contributed by atoms with Gasteiger partial charge in [0, 0.05) is 39.0 Å². The first kappa shape index (κ1) is 18.8. The largest absolute Gasteiger partial charge is 0.352 e. The highest BCUT2D eigenvalue weighted by atomic mass is 32.1. The summed E-state index contributed by atoms with van der Waals surface area (Å²) in [6, 6.07) is 15.4. The van der Waals surface area contributed by atoms with Crippen molar-refractivity contribution < 1.29 is 0 Å². The Morgan fingerprint density at radius 3 is 2.56 bits per heavy atom. The minimum absolute atomic E-state index is 0.123. The van der Waals surface area contributed by atoms with E-state index in [1.807, 2.05) is 79.1 Å². The second kappa shape index (κ2) is 8.18. The van der Waals surface area contributed by atoms with Gasteiger partial charge in [-0.05, 0) is 43.4 Å². The van der Waals surface area contributed by atoms with Crippen LogP contribution in [0.25, 0.3) is 5.69 Å². The van der Waals surface area contributed by atoms with Crippen molar-refractivity contribution in [2.24, 2.45) is 7.05 Å². The van der Waals surface area contributed by atoms with E-state index in [0.29, 0.717) is 17.3 Å². The molecule has 0 aliphatic rings. The third-order valence-electron chi connectivity index (χ3n) is 4.56. The van der Waals surface area contributed by atoms with E-state index < -0.39 is 0 Å². The lowest BCUT2D eigenvalue weighted by atomic mass is 10.2. The molecule has 27 heavy (non-hydrogen) atoms. The number of pyridine rings is 1. The van der Waals surface area contributed by atoms with Crippen molar-refractivity contribution in [2.45, 2.75) is 13.3 Å². The molecule has 0 amide bonds. The van der Waals surface area contributed by atoms with Gasteiger partial charge in [-0.2, -0.15) is 0 Å². The summed E-state index contributed by atoms with van der Waals surface area (Å²) >= 11 is 5.50. The Morgan fingerprint density at radius 1 is 1.19 bits per heavy atom. The summed E-state index contributed by atoms with van der Waals surface area (Å²) in [6.07, 6.45) is 2.56. The summed E-state index contributed by atoms with van der Waals surface area (Å²) in [5.41, 5.74) is 3.02. The summed E-state index contributed by atoms with van der Waals surface area (Å²) in [6.45, 7) is 2.61. The number of rotatable bonds is 5. The minimum atomic E-state index is -0.123. The minimum Gasteiger partial charge on any atom is -0.352 e. The molecule has 0 saturated carbocycles. The number of anilines is 1. The molecule has 0 saturated heterocycles. The fourth-order valence-electron chi connectivity index (χ4n) is 2.84. The Balaban J connectivity index is 1.75. The molecule has 0 fully saturated rings. The predicted octanol–water partition coefficient (Wildman–Crippen LogP) is 2.75. The highest BCUT2D eigenvalue weighted by Gasteiger charge is 2.18. The smallest absolute Gasteiger partial charge is 0.295 e. The normalized spacial score (nSPS) is 10.6. The monoisotopic (exact) mass is 381 g/mol. The van der Waals surface area contributed by atoms with E-state index in [0.717, 1.165) is 23.5 Å². The fraction of sp³-hybridized carbons (Fsp3) is 0.250. The highest BCUT2D eigenvalue weighted by molar-refractivity contribution is 7.80. The first-order valence-electron chi connectivity index (χ1n) is 8.75. The highest BCUT2D eigenvalue weighted by Crippen LogP contribution is 2.14. The van der Waals surface area contributed by atoms with Gasteiger partial charge in [0.1, 0.15) is 5.69 Å². The molecular weight excluding hydrogens is 358 g/mol. The molecule has 7 heteroatoms. The van der Waals surface area contributed by atoms with Crippen LogP contribution < -0.4 is 10.9 Å². The number of thiocarbonyl (C=S) groups is 1. The zero-order chi connectivity index (χ0) is 19.4. The number of hydrogen-bond donors (Lipinski definition) is 1. The van der Waals surface area contributed by atoms with Gasteiger partial charge in [-0.15, -0.1) is 0 Å². The maximum absolute atomic E-state index is 12.9. The lowest BCUT2D eigenvalue weighted by molar-refractivity contribution is 0.512. The fourth-order valence-corrected chi connectivity index (χ4v) is 3.04. The zero-order valence-electron chi connectivity index (χ0n) is 15.7. The Kier molecular flexibility index (Phi) is 5.71. The molecule has 6 nitrogen and oxygen atoms in total. The Morgan fingerprint density at radius 2 is 1.89 bits per heavy atom. The molecule has 0 spiro atoms. The van der Waals surface area contributed by atoms with E-state index in [2.05, 4.69) is 10.3 Å². The molecule has 3 rings (SSSR count). The van der Waals surface area contributed by atoms with Crippen LogP contribution >= 0.6 is 12.2 Å². The number of aromatic nitrogens is 3. The summed E-state index contributed by atoms with van der Waals surface area (Å²) < 4.78 is 3.46. The molecule has 0 aliphatic heterocycles. The van der Waals surface area contributed by atoms with Crippen LogP contribution in [-0.2, 0) is 13.5 Å². The van der Waals surface area contributed by atoms with Gasteiger partial charge >= 0.3 is 0 Å². The van der Waals surface area contributed by atoms with Crippen molar-refractivity contribution in [1.82, 2.24) is 19.2 Å². The lowest BCUT2D eigenvalue weighted by Gasteiger charge is -2.20. The number of para-hydroxylation sites is 1. The summed E-state index contributed by atoms with van der Waals surface area (Å²) in [7, 11) is 3.77. The maximum atomic E-state index is 12.9. The van der Waals surface area contributed by atoms with Crippen molar-refractivity contribution in [3.8, 4) is 5.69 Å².